The molecule has 1 saturated heterocycles. The maximum absolute atomic E-state index is 12.2. The number of hydrogen-bond acceptors (Lipinski definition) is 3. The Hall–Kier alpha value is -1.59. The van der Waals surface area contributed by atoms with E-state index < -0.39 is 5.97 Å². The van der Waals surface area contributed by atoms with Crippen molar-refractivity contribution in [2.45, 2.75) is 32.7 Å². The Kier molecular flexibility index (Phi) is 4.69. The first-order chi connectivity index (χ1) is 8.32. The lowest BCUT2D eigenvalue weighted by Crippen LogP contribution is -2.47. The van der Waals surface area contributed by atoms with E-state index in [2.05, 4.69) is 0 Å². The number of carbonyl (C=O) groups is 3. The molecule has 102 valence electrons. The van der Waals surface area contributed by atoms with Gasteiger partial charge in [0.1, 0.15) is 6.54 Å². The predicted molar refractivity (Wildman–Crippen MR) is 64.8 cm³/mol. The summed E-state index contributed by atoms with van der Waals surface area (Å²) in [6, 6.07) is -0.177. The van der Waals surface area contributed by atoms with Crippen molar-refractivity contribution in [3.63, 3.8) is 0 Å². The molecule has 18 heavy (non-hydrogen) atoms. The summed E-state index contributed by atoms with van der Waals surface area (Å²) in [6.07, 6.45) is 0.780. The van der Waals surface area contributed by atoms with Crippen LogP contribution in [0.1, 0.15) is 26.7 Å². The normalized spacial score (nSPS) is 20.1. The van der Waals surface area contributed by atoms with Crippen LogP contribution >= 0.6 is 0 Å². The van der Waals surface area contributed by atoms with Gasteiger partial charge in [0.05, 0.1) is 0 Å². The molecule has 1 rings (SSSR count). The summed E-state index contributed by atoms with van der Waals surface area (Å²) in [6.45, 7) is 3.79. The van der Waals surface area contributed by atoms with Gasteiger partial charge in [-0.15, -0.1) is 0 Å². The van der Waals surface area contributed by atoms with Gasteiger partial charge >= 0.3 is 5.97 Å². The molecular formula is C12H20N2O4. The van der Waals surface area contributed by atoms with Gasteiger partial charge in [-0.25, -0.2) is 0 Å². The van der Waals surface area contributed by atoms with Gasteiger partial charge in [-0.05, 0) is 20.3 Å². The highest BCUT2D eigenvalue weighted by Gasteiger charge is 2.33. The molecule has 0 aromatic rings. The standard InChI is InChI=1S/C12H20N2O4/c1-8(2)14(7-11(16)17)12(18)9-4-5-13(3)10(15)6-9/h8-9H,4-7H2,1-3H3,(H,16,17)/t9-/m1/s1. The third-order valence-electron chi connectivity index (χ3n) is 3.22. The van der Waals surface area contributed by atoms with E-state index in [9.17, 15) is 14.4 Å². The summed E-state index contributed by atoms with van der Waals surface area (Å²) in [5.74, 6) is -1.70. The summed E-state index contributed by atoms with van der Waals surface area (Å²) in [4.78, 5) is 37.5. The number of rotatable bonds is 4. The first kappa shape index (κ1) is 14.5. The zero-order valence-electron chi connectivity index (χ0n) is 11.0. The van der Waals surface area contributed by atoms with Crippen LogP contribution in [0, 0.1) is 5.92 Å². The second-order valence-electron chi connectivity index (χ2n) is 4.96. The van der Waals surface area contributed by atoms with Gasteiger partial charge in [0.15, 0.2) is 0 Å². The minimum atomic E-state index is -1.03. The highest BCUT2D eigenvalue weighted by Crippen LogP contribution is 2.20. The SMILES string of the molecule is CC(C)N(CC(=O)O)C(=O)[C@@H]1CCN(C)C(=O)C1. The van der Waals surface area contributed by atoms with Crippen molar-refractivity contribution in [3.05, 3.63) is 0 Å². The van der Waals surface area contributed by atoms with Crippen LogP contribution in [0.15, 0.2) is 0 Å². The summed E-state index contributed by atoms with van der Waals surface area (Å²) < 4.78 is 0. The number of nitrogens with zero attached hydrogens (tertiary/aromatic N) is 2. The highest BCUT2D eigenvalue weighted by atomic mass is 16.4. The molecule has 1 aliphatic heterocycles. The Balaban J connectivity index is 2.71. The van der Waals surface area contributed by atoms with Gasteiger partial charge in [-0.2, -0.15) is 0 Å². The number of carboxylic acids is 1. The molecule has 0 unspecified atom stereocenters. The van der Waals surface area contributed by atoms with Crippen molar-refractivity contribution >= 4 is 17.8 Å². The van der Waals surface area contributed by atoms with E-state index in [1.54, 1.807) is 25.8 Å². The lowest BCUT2D eigenvalue weighted by molar-refractivity contribution is -0.150. The van der Waals surface area contributed by atoms with E-state index in [-0.39, 0.29) is 36.7 Å². The molecule has 1 N–H and O–H groups in total. The van der Waals surface area contributed by atoms with Crippen molar-refractivity contribution in [1.82, 2.24) is 9.80 Å². The predicted octanol–water partition coefficient (Wildman–Crippen LogP) is 0.176. The quantitative estimate of drug-likeness (QED) is 0.778. The van der Waals surface area contributed by atoms with Crippen LogP contribution < -0.4 is 0 Å². The van der Waals surface area contributed by atoms with Crippen molar-refractivity contribution in [1.29, 1.82) is 0 Å². The highest BCUT2D eigenvalue weighted by molar-refractivity contribution is 5.88. The summed E-state index contributed by atoms with van der Waals surface area (Å²) in [5, 5.41) is 8.81. The summed E-state index contributed by atoms with van der Waals surface area (Å²) in [7, 11) is 1.71. The number of carbonyl (C=O) groups excluding carboxylic acids is 2. The van der Waals surface area contributed by atoms with E-state index in [4.69, 9.17) is 5.11 Å². The molecule has 0 aromatic heterocycles. The second-order valence-corrected chi connectivity index (χ2v) is 4.96. The maximum Gasteiger partial charge on any atom is 0.323 e. The van der Waals surface area contributed by atoms with Crippen molar-refractivity contribution < 1.29 is 19.5 Å². The second kappa shape index (κ2) is 5.84. The fourth-order valence-corrected chi connectivity index (χ4v) is 2.05. The van der Waals surface area contributed by atoms with Crippen molar-refractivity contribution in [2.75, 3.05) is 20.1 Å². The van der Waals surface area contributed by atoms with Crippen LogP contribution in [0.2, 0.25) is 0 Å². The maximum atomic E-state index is 12.2. The minimum absolute atomic E-state index is 0.0568. The molecule has 1 heterocycles. The Labute approximate surface area is 107 Å². The molecule has 1 aliphatic rings. The zero-order valence-corrected chi connectivity index (χ0v) is 11.0. The topological polar surface area (TPSA) is 77.9 Å². The molecule has 1 fully saturated rings. The number of carboxylic acid groups (broad SMARTS) is 1. The van der Waals surface area contributed by atoms with Gasteiger partial charge in [-0.3, -0.25) is 14.4 Å². The van der Waals surface area contributed by atoms with Crippen LogP contribution in [-0.4, -0.2) is 58.9 Å². The first-order valence-corrected chi connectivity index (χ1v) is 6.09. The largest absolute Gasteiger partial charge is 0.480 e. The molecule has 6 heteroatoms. The first-order valence-electron chi connectivity index (χ1n) is 6.09. The van der Waals surface area contributed by atoms with Crippen LogP contribution in [-0.2, 0) is 14.4 Å². The average Bonchev–Trinajstić information content (AvgIpc) is 2.28. The van der Waals surface area contributed by atoms with Crippen molar-refractivity contribution in [2.24, 2.45) is 5.92 Å². The third-order valence-corrected chi connectivity index (χ3v) is 3.22. The Morgan fingerprint density at radius 3 is 2.56 bits per heavy atom. The Bertz CT molecular complexity index is 354. The number of piperidine rings is 1. The van der Waals surface area contributed by atoms with E-state index >= 15 is 0 Å². The molecule has 0 saturated carbocycles. The van der Waals surface area contributed by atoms with E-state index in [0.29, 0.717) is 13.0 Å². The average molecular weight is 256 g/mol. The van der Waals surface area contributed by atoms with Gasteiger partial charge < -0.3 is 14.9 Å². The van der Waals surface area contributed by atoms with Crippen molar-refractivity contribution in [3.8, 4) is 0 Å². The smallest absolute Gasteiger partial charge is 0.323 e. The number of amides is 2. The number of aliphatic carboxylic acids is 1. The molecule has 0 aromatic carbocycles. The zero-order chi connectivity index (χ0) is 13.9. The van der Waals surface area contributed by atoms with E-state index in [1.165, 1.54) is 4.90 Å². The number of hydrogen-bond donors (Lipinski definition) is 1. The molecule has 0 aliphatic carbocycles. The number of likely N-dealkylation sites (tertiary alicyclic amines) is 1. The van der Waals surface area contributed by atoms with Crippen LogP contribution in [0.5, 0.6) is 0 Å². The summed E-state index contributed by atoms with van der Waals surface area (Å²) in [5.41, 5.74) is 0. The lowest BCUT2D eigenvalue weighted by atomic mass is 9.94. The van der Waals surface area contributed by atoms with E-state index in [0.717, 1.165) is 0 Å². The molecular weight excluding hydrogens is 236 g/mol. The molecule has 2 amide bonds. The molecule has 1 atom stereocenters. The molecule has 6 nitrogen and oxygen atoms in total. The summed E-state index contributed by atoms with van der Waals surface area (Å²) >= 11 is 0. The minimum Gasteiger partial charge on any atom is -0.480 e. The monoisotopic (exact) mass is 256 g/mol. The molecule has 0 radical (unpaired) electrons. The van der Waals surface area contributed by atoms with Gasteiger partial charge in [0, 0.05) is 32.0 Å². The fourth-order valence-electron chi connectivity index (χ4n) is 2.05. The van der Waals surface area contributed by atoms with Crippen LogP contribution in [0.3, 0.4) is 0 Å². The molecule has 0 bridgehead atoms. The fraction of sp³-hybridized carbons (Fsp3) is 0.750. The van der Waals surface area contributed by atoms with Gasteiger partial charge in [-0.1, -0.05) is 0 Å². The van der Waals surface area contributed by atoms with E-state index in [1.807, 2.05) is 0 Å². The Morgan fingerprint density at radius 1 is 1.50 bits per heavy atom. The van der Waals surface area contributed by atoms with Gasteiger partial charge in [0.25, 0.3) is 0 Å². The van der Waals surface area contributed by atoms with Crippen LogP contribution in [0.4, 0.5) is 0 Å². The van der Waals surface area contributed by atoms with Crippen LogP contribution in [0.25, 0.3) is 0 Å². The third kappa shape index (κ3) is 3.45. The van der Waals surface area contributed by atoms with Gasteiger partial charge in [0.2, 0.25) is 11.8 Å². The molecule has 0 spiro atoms. The lowest BCUT2D eigenvalue weighted by Gasteiger charge is -2.33. The Morgan fingerprint density at radius 2 is 2.11 bits per heavy atom.